The van der Waals surface area contributed by atoms with E-state index in [1.165, 1.54) is 5.56 Å². The van der Waals surface area contributed by atoms with E-state index in [1.54, 1.807) is 0 Å². The number of nitrogens with one attached hydrogen (secondary N) is 1. The molecule has 1 amide bonds. The van der Waals surface area contributed by atoms with Crippen LogP contribution in [0.2, 0.25) is 0 Å². The minimum Gasteiger partial charge on any atom is -0.373 e. The maximum absolute atomic E-state index is 12.2. The SMILES string of the molecule is Cc1ccc(C2OCCCC2C(=O)NCCN)cc1.Cl. The molecule has 5 heteroatoms. The average Bonchev–Trinajstić information content (AvgIpc) is 2.45. The summed E-state index contributed by atoms with van der Waals surface area (Å²) in [5.41, 5.74) is 7.72. The van der Waals surface area contributed by atoms with Gasteiger partial charge in [0.1, 0.15) is 0 Å². The molecule has 1 saturated heterocycles. The number of carbonyl (C=O) groups is 1. The van der Waals surface area contributed by atoms with Gasteiger partial charge in [-0.2, -0.15) is 0 Å². The Balaban J connectivity index is 0.00000200. The van der Waals surface area contributed by atoms with Crippen LogP contribution in [0.15, 0.2) is 24.3 Å². The van der Waals surface area contributed by atoms with E-state index in [0.29, 0.717) is 13.1 Å². The Hall–Kier alpha value is -1.10. The molecule has 1 aliphatic heterocycles. The Morgan fingerprint density at radius 2 is 2.10 bits per heavy atom. The molecule has 1 aromatic carbocycles. The molecule has 4 nitrogen and oxygen atoms in total. The number of rotatable bonds is 4. The van der Waals surface area contributed by atoms with E-state index in [-0.39, 0.29) is 30.3 Å². The normalized spacial score (nSPS) is 21.9. The van der Waals surface area contributed by atoms with Gasteiger partial charge in [-0.3, -0.25) is 4.79 Å². The fourth-order valence-electron chi connectivity index (χ4n) is 2.46. The third kappa shape index (κ3) is 4.20. The van der Waals surface area contributed by atoms with Crippen molar-refractivity contribution >= 4 is 18.3 Å². The van der Waals surface area contributed by atoms with Gasteiger partial charge in [0.15, 0.2) is 0 Å². The van der Waals surface area contributed by atoms with Crippen molar-refractivity contribution in [2.24, 2.45) is 11.7 Å². The lowest BCUT2D eigenvalue weighted by Crippen LogP contribution is -2.39. The Morgan fingerprint density at radius 1 is 1.40 bits per heavy atom. The fraction of sp³-hybridized carbons (Fsp3) is 0.533. The molecule has 1 aliphatic rings. The van der Waals surface area contributed by atoms with Crippen LogP contribution in [0.3, 0.4) is 0 Å². The number of hydrogen-bond donors (Lipinski definition) is 2. The van der Waals surface area contributed by atoms with E-state index in [2.05, 4.69) is 36.5 Å². The van der Waals surface area contributed by atoms with Crippen LogP contribution in [0.1, 0.15) is 30.1 Å². The highest BCUT2D eigenvalue weighted by Gasteiger charge is 2.32. The predicted molar refractivity (Wildman–Crippen MR) is 81.9 cm³/mol. The van der Waals surface area contributed by atoms with Crippen LogP contribution < -0.4 is 11.1 Å². The van der Waals surface area contributed by atoms with Crippen molar-refractivity contribution in [3.63, 3.8) is 0 Å². The summed E-state index contributed by atoms with van der Waals surface area (Å²) in [6.07, 6.45) is 1.67. The van der Waals surface area contributed by atoms with Crippen molar-refractivity contribution in [2.75, 3.05) is 19.7 Å². The van der Waals surface area contributed by atoms with Crippen LogP contribution >= 0.6 is 12.4 Å². The summed E-state index contributed by atoms with van der Waals surface area (Å²) in [5, 5.41) is 2.87. The van der Waals surface area contributed by atoms with E-state index in [1.807, 2.05) is 0 Å². The Kier molecular flexibility index (Phi) is 6.99. The number of ether oxygens (including phenoxy) is 1. The van der Waals surface area contributed by atoms with Crippen molar-refractivity contribution in [1.29, 1.82) is 0 Å². The first-order valence-electron chi connectivity index (χ1n) is 6.88. The van der Waals surface area contributed by atoms with Crippen LogP contribution in [0.4, 0.5) is 0 Å². The molecular weight excluding hydrogens is 276 g/mol. The van der Waals surface area contributed by atoms with Gasteiger partial charge in [0.05, 0.1) is 12.0 Å². The zero-order valence-electron chi connectivity index (χ0n) is 11.8. The molecule has 2 atom stereocenters. The van der Waals surface area contributed by atoms with Crippen molar-refractivity contribution in [3.8, 4) is 0 Å². The third-order valence-corrected chi connectivity index (χ3v) is 3.51. The first-order chi connectivity index (χ1) is 9.22. The highest BCUT2D eigenvalue weighted by Crippen LogP contribution is 2.33. The first-order valence-corrected chi connectivity index (χ1v) is 6.88. The molecule has 2 unspecified atom stereocenters. The maximum Gasteiger partial charge on any atom is 0.226 e. The molecule has 1 fully saturated rings. The molecule has 0 bridgehead atoms. The molecule has 0 aromatic heterocycles. The summed E-state index contributed by atoms with van der Waals surface area (Å²) in [7, 11) is 0. The van der Waals surface area contributed by atoms with Gasteiger partial charge >= 0.3 is 0 Å². The molecule has 0 spiro atoms. The molecular formula is C15H23ClN2O2. The van der Waals surface area contributed by atoms with Gasteiger partial charge in [0.25, 0.3) is 0 Å². The number of hydrogen-bond acceptors (Lipinski definition) is 3. The molecule has 3 N–H and O–H groups in total. The maximum atomic E-state index is 12.2. The zero-order chi connectivity index (χ0) is 13.7. The second-order valence-electron chi connectivity index (χ2n) is 5.03. The third-order valence-electron chi connectivity index (χ3n) is 3.51. The largest absolute Gasteiger partial charge is 0.373 e. The van der Waals surface area contributed by atoms with Crippen LogP contribution in [0.5, 0.6) is 0 Å². The molecule has 1 heterocycles. The van der Waals surface area contributed by atoms with Gasteiger partial charge in [-0.15, -0.1) is 12.4 Å². The van der Waals surface area contributed by atoms with Crippen molar-refractivity contribution in [2.45, 2.75) is 25.9 Å². The highest BCUT2D eigenvalue weighted by atomic mass is 35.5. The quantitative estimate of drug-likeness (QED) is 0.893. The lowest BCUT2D eigenvalue weighted by molar-refractivity contribution is -0.134. The summed E-state index contributed by atoms with van der Waals surface area (Å²) >= 11 is 0. The smallest absolute Gasteiger partial charge is 0.226 e. The second kappa shape index (κ2) is 8.25. The van der Waals surface area contributed by atoms with Crippen LogP contribution in [-0.2, 0) is 9.53 Å². The number of carbonyl (C=O) groups excluding carboxylic acids is 1. The zero-order valence-corrected chi connectivity index (χ0v) is 12.6. The number of benzene rings is 1. The molecule has 112 valence electrons. The van der Waals surface area contributed by atoms with Gasteiger partial charge < -0.3 is 15.8 Å². The van der Waals surface area contributed by atoms with E-state index in [4.69, 9.17) is 10.5 Å². The first kappa shape index (κ1) is 17.0. The Morgan fingerprint density at radius 3 is 2.75 bits per heavy atom. The molecule has 1 aromatic rings. The number of nitrogens with two attached hydrogens (primary N) is 1. The van der Waals surface area contributed by atoms with Gasteiger partial charge in [0.2, 0.25) is 5.91 Å². The lowest BCUT2D eigenvalue weighted by Gasteiger charge is -2.31. The van der Waals surface area contributed by atoms with Crippen LogP contribution in [-0.4, -0.2) is 25.6 Å². The fourth-order valence-corrected chi connectivity index (χ4v) is 2.46. The summed E-state index contributed by atoms with van der Waals surface area (Å²) in [5.74, 6) is -0.0567. The topological polar surface area (TPSA) is 64.3 Å². The number of amides is 1. The van der Waals surface area contributed by atoms with Gasteiger partial charge in [-0.1, -0.05) is 29.8 Å². The van der Waals surface area contributed by atoms with Crippen molar-refractivity contribution in [1.82, 2.24) is 5.32 Å². The van der Waals surface area contributed by atoms with Crippen molar-refractivity contribution < 1.29 is 9.53 Å². The van der Waals surface area contributed by atoms with Gasteiger partial charge in [0, 0.05) is 19.7 Å². The minimum absolute atomic E-state index is 0. The molecule has 0 radical (unpaired) electrons. The van der Waals surface area contributed by atoms with E-state index >= 15 is 0 Å². The predicted octanol–water partition coefficient (Wildman–Crippen LogP) is 1.96. The van der Waals surface area contributed by atoms with E-state index < -0.39 is 0 Å². The Labute approximate surface area is 126 Å². The van der Waals surface area contributed by atoms with Gasteiger partial charge in [-0.05, 0) is 25.3 Å². The van der Waals surface area contributed by atoms with Crippen molar-refractivity contribution in [3.05, 3.63) is 35.4 Å². The Bertz CT molecular complexity index is 422. The molecule has 0 aliphatic carbocycles. The van der Waals surface area contributed by atoms with Gasteiger partial charge in [-0.25, -0.2) is 0 Å². The summed E-state index contributed by atoms with van der Waals surface area (Å²) in [6, 6.07) is 8.22. The number of aryl methyl sites for hydroxylation is 1. The highest BCUT2D eigenvalue weighted by molar-refractivity contribution is 5.85. The summed E-state index contributed by atoms with van der Waals surface area (Å²) in [6.45, 7) is 3.76. The lowest BCUT2D eigenvalue weighted by atomic mass is 9.88. The number of halogens is 1. The summed E-state index contributed by atoms with van der Waals surface area (Å²) < 4.78 is 5.83. The average molecular weight is 299 g/mol. The van der Waals surface area contributed by atoms with E-state index in [0.717, 1.165) is 25.0 Å². The summed E-state index contributed by atoms with van der Waals surface area (Å²) in [4.78, 5) is 12.2. The second-order valence-corrected chi connectivity index (χ2v) is 5.03. The standard InChI is InChI=1S/C15H22N2O2.ClH/c1-11-4-6-12(7-5-11)14-13(3-2-10-19-14)15(18)17-9-8-16;/h4-7,13-14H,2-3,8-10,16H2,1H3,(H,17,18);1H. The van der Waals surface area contributed by atoms with Crippen LogP contribution in [0.25, 0.3) is 0 Å². The molecule has 2 rings (SSSR count). The monoisotopic (exact) mass is 298 g/mol. The minimum atomic E-state index is -0.132. The molecule has 20 heavy (non-hydrogen) atoms. The van der Waals surface area contributed by atoms with E-state index in [9.17, 15) is 4.79 Å². The molecule has 0 saturated carbocycles. The van der Waals surface area contributed by atoms with Crippen LogP contribution in [0, 0.1) is 12.8 Å².